The zero-order chi connectivity index (χ0) is 14.5. The molecule has 3 aromatic rings. The van der Waals surface area contributed by atoms with Gasteiger partial charge in [0.1, 0.15) is 30.3 Å². The maximum atomic E-state index is 5.64. The Morgan fingerprint density at radius 1 is 1.14 bits per heavy atom. The van der Waals surface area contributed by atoms with Gasteiger partial charge in [-0.2, -0.15) is 5.10 Å². The van der Waals surface area contributed by atoms with Crippen molar-refractivity contribution >= 4 is 16.9 Å². The summed E-state index contributed by atoms with van der Waals surface area (Å²) in [4.78, 5) is 8.27. The van der Waals surface area contributed by atoms with Crippen LogP contribution in [0.3, 0.4) is 0 Å². The summed E-state index contributed by atoms with van der Waals surface area (Å²) >= 11 is 0. The number of fused-ring (bicyclic) bond motifs is 1. The Hall–Kier alpha value is -2.83. The van der Waals surface area contributed by atoms with Gasteiger partial charge in [0, 0.05) is 0 Å². The average Bonchev–Trinajstić information content (AvgIpc) is 3.01. The van der Waals surface area contributed by atoms with Gasteiger partial charge in [0.25, 0.3) is 0 Å². The summed E-state index contributed by atoms with van der Waals surface area (Å²) in [6.45, 7) is 1.15. The summed E-state index contributed by atoms with van der Waals surface area (Å²) in [5.74, 6) is 2.35. The Balaban J connectivity index is 1.53. The molecule has 2 aromatic heterocycles. The molecule has 7 heteroatoms. The quantitative estimate of drug-likeness (QED) is 0.672. The van der Waals surface area contributed by atoms with Gasteiger partial charge in [0.2, 0.25) is 0 Å². The highest BCUT2D eigenvalue weighted by Crippen LogP contribution is 2.17. The fourth-order valence-corrected chi connectivity index (χ4v) is 1.92. The summed E-state index contributed by atoms with van der Waals surface area (Å²) in [6, 6.07) is 7.47. The van der Waals surface area contributed by atoms with E-state index in [1.807, 2.05) is 24.3 Å². The second-order valence-electron chi connectivity index (χ2n) is 4.31. The van der Waals surface area contributed by atoms with Crippen molar-refractivity contribution < 1.29 is 9.47 Å². The summed E-state index contributed by atoms with van der Waals surface area (Å²) < 4.78 is 10.7. The van der Waals surface area contributed by atoms with Gasteiger partial charge in [0.05, 0.1) is 25.2 Å². The van der Waals surface area contributed by atoms with Crippen molar-refractivity contribution in [3.05, 3.63) is 36.8 Å². The molecular formula is C14H15N5O2. The molecule has 0 atom stereocenters. The van der Waals surface area contributed by atoms with E-state index in [0.29, 0.717) is 18.8 Å². The van der Waals surface area contributed by atoms with Gasteiger partial charge in [-0.1, -0.05) is 0 Å². The number of aromatic amines is 1. The fraction of sp³-hybridized carbons (Fsp3) is 0.214. The number of aromatic nitrogens is 4. The van der Waals surface area contributed by atoms with Crippen LogP contribution in [0.25, 0.3) is 11.0 Å². The molecule has 2 N–H and O–H groups in total. The van der Waals surface area contributed by atoms with Crippen LogP contribution < -0.4 is 14.8 Å². The molecule has 108 valence electrons. The molecule has 0 aliphatic carbocycles. The maximum absolute atomic E-state index is 5.64. The first-order valence-electron chi connectivity index (χ1n) is 6.51. The van der Waals surface area contributed by atoms with E-state index in [2.05, 4.69) is 25.5 Å². The second-order valence-corrected chi connectivity index (χ2v) is 4.31. The van der Waals surface area contributed by atoms with Crippen LogP contribution in [-0.2, 0) is 0 Å². The van der Waals surface area contributed by atoms with E-state index in [0.717, 1.165) is 22.7 Å². The lowest BCUT2D eigenvalue weighted by Crippen LogP contribution is -2.12. The highest BCUT2D eigenvalue weighted by molar-refractivity contribution is 5.85. The normalized spacial score (nSPS) is 10.5. The zero-order valence-corrected chi connectivity index (χ0v) is 11.5. The lowest BCUT2D eigenvalue weighted by Gasteiger charge is -2.08. The van der Waals surface area contributed by atoms with Crippen LogP contribution >= 0.6 is 0 Å². The third kappa shape index (κ3) is 3.02. The van der Waals surface area contributed by atoms with Crippen molar-refractivity contribution in [2.24, 2.45) is 0 Å². The van der Waals surface area contributed by atoms with Gasteiger partial charge in [-0.05, 0) is 24.3 Å². The minimum atomic E-state index is 0.523. The van der Waals surface area contributed by atoms with Crippen molar-refractivity contribution in [2.45, 2.75) is 0 Å². The third-order valence-corrected chi connectivity index (χ3v) is 2.97. The monoisotopic (exact) mass is 285 g/mol. The number of anilines is 1. The molecular weight excluding hydrogens is 270 g/mol. The van der Waals surface area contributed by atoms with Crippen molar-refractivity contribution in [3.63, 3.8) is 0 Å². The number of rotatable bonds is 6. The molecule has 0 spiro atoms. The Bertz CT molecular complexity index is 711. The Labute approximate surface area is 121 Å². The smallest absolute Gasteiger partial charge is 0.160 e. The molecule has 0 unspecified atom stereocenters. The lowest BCUT2D eigenvalue weighted by molar-refractivity contribution is 0.331. The first-order chi connectivity index (χ1) is 10.4. The molecule has 1 aromatic carbocycles. The molecule has 21 heavy (non-hydrogen) atoms. The van der Waals surface area contributed by atoms with Crippen molar-refractivity contribution in [3.8, 4) is 11.5 Å². The highest BCUT2D eigenvalue weighted by Gasteiger charge is 2.04. The molecule has 0 fully saturated rings. The van der Waals surface area contributed by atoms with Crippen LogP contribution in [0, 0.1) is 0 Å². The number of H-pyrrole nitrogens is 1. The van der Waals surface area contributed by atoms with Gasteiger partial charge in [-0.15, -0.1) is 0 Å². The number of methoxy groups -OCH3 is 1. The zero-order valence-electron chi connectivity index (χ0n) is 11.5. The van der Waals surface area contributed by atoms with E-state index in [-0.39, 0.29) is 0 Å². The SMILES string of the molecule is COc1ccc(OCCNc2ncnc3[nH]ncc23)cc1. The van der Waals surface area contributed by atoms with Gasteiger partial charge in [-0.3, -0.25) is 5.10 Å². The number of benzene rings is 1. The van der Waals surface area contributed by atoms with E-state index in [1.54, 1.807) is 13.3 Å². The molecule has 0 saturated carbocycles. The number of hydrogen-bond acceptors (Lipinski definition) is 6. The van der Waals surface area contributed by atoms with Gasteiger partial charge in [0.15, 0.2) is 5.65 Å². The molecule has 0 amide bonds. The van der Waals surface area contributed by atoms with Crippen LogP contribution in [0.2, 0.25) is 0 Å². The Morgan fingerprint density at radius 2 is 1.95 bits per heavy atom. The summed E-state index contributed by atoms with van der Waals surface area (Å²) in [7, 11) is 1.64. The predicted molar refractivity (Wildman–Crippen MR) is 78.7 cm³/mol. The predicted octanol–water partition coefficient (Wildman–Crippen LogP) is 1.85. The van der Waals surface area contributed by atoms with Crippen LogP contribution in [0.4, 0.5) is 5.82 Å². The van der Waals surface area contributed by atoms with Crippen molar-refractivity contribution in [1.29, 1.82) is 0 Å². The summed E-state index contributed by atoms with van der Waals surface area (Å²) in [5.41, 5.74) is 0.712. The van der Waals surface area contributed by atoms with E-state index >= 15 is 0 Å². The number of hydrogen-bond donors (Lipinski definition) is 2. The molecule has 0 bridgehead atoms. The molecule has 0 aliphatic rings. The van der Waals surface area contributed by atoms with Gasteiger partial charge in [-0.25, -0.2) is 9.97 Å². The first kappa shape index (κ1) is 13.2. The van der Waals surface area contributed by atoms with Crippen molar-refractivity contribution in [2.75, 3.05) is 25.6 Å². The maximum Gasteiger partial charge on any atom is 0.160 e. The van der Waals surface area contributed by atoms with Gasteiger partial charge >= 0.3 is 0 Å². The standard InChI is InChI=1S/C14H15N5O2/c1-20-10-2-4-11(5-3-10)21-7-6-15-13-12-8-18-19-14(12)17-9-16-13/h2-5,8-9H,6-7H2,1H3,(H2,15,16,17,18,19). The van der Waals surface area contributed by atoms with E-state index in [9.17, 15) is 0 Å². The molecule has 0 saturated heterocycles. The van der Waals surface area contributed by atoms with Crippen LogP contribution in [0.5, 0.6) is 11.5 Å². The Morgan fingerprint density at radius 3 is 2.76 bits per heavy atom. The summed E-state index contributed by atoms with van der Waals surface area (Å²) in [6.07, 6.45) is 3.19. The van der Waals surface area contributed by atoms with Crippen LogP contribution in [-0.4, -0.2) is 40.4 Å². The highest BCUT2D eigenvalue weighted by atomic mass is 16.5. The number of ether oxygens (including phenoxy) is 2. The molecule has 2 heterocycles. The molecule has 3 rings (SSSR count). The minimum Gasteiger partial charge on any atom is -0.497 e. The largest absolute Gasteiger partial charge is 0.497 e. The minimum absolute atomic E-state index is 0.523. The van der Waals surface area contributed by atoms with E-state index in [1.165, 1.54) is 6.33 Å². The molecule has 7 nitrogen and oxygen atoms in total. The van der Waals surface area contributed by atoms with Gasteiger partial charge < -0.3 is 14.8 Å². The second kappa shape index (κ2) is 6.08. The number of nitrogens with one attached hydrogen (secondary N) is 2. The Kier molecular flexibility index (Phi) is 3.81. The van der Waals surface area contributed by atoms with E-state index in [4.69, 9.17) is 9.47 Å². The molecule has 0 aliphatic heterocycles. The molecule has 0 radical (unpaired) electrons. The lowest BCUT2D eigenvalue weighted by atomic mass is 10.3. The first-order valence-corrected chi connectivity index (χ1v) is 6.51. The van der Waals surface area contributed by atoms with Crippen LogP contribution in [0.1, 0.15) is 0 Å². The van der Waals surface area contributed by atoms with Crippen molar-refractivity contribution in [1.82, 2.24) is 20.2 Å². The average molecular weight is 285 g/mol. The summed E-state index contributed by atoms with van der Waals surface area (Å²) in [5, 5.41) is 10.8. The number of nitrogens with zero attached hydrogens (tertiary/aromatic N) is 3. The van der Waals surface area contributed by atoms with Crippen LogP contribution in [0.15, 0.2) is 36.8 Å². The fourth-order valence-electron chi connectivity index (χ4n) is 1.92. The third-order valence-electron chi connectivity index (χ3n) is 2.97. The topological polar surface area (TPSA) is 85.0 Å². The van der Waals surface area contributed by atoms with E-state index < -0.39 is 0 Å².